The SMILES string of the molecule is CC(C)c1ccc(-c2nnc(NC(=O)c3cnn(-c4ccccc4)c3C(F)(F)F)s2)cc1. The van der Waals surface area contributed by atoms with Crippen molar-refractivity contribution in [3.05, 3.63) is 77.6 Å². The average molecular weight is 457 g/mol. The van der Waals surface area contributed by atoms with Crippen molar-refractivity contribution >= 4 is 22.4 Å². The number of hydrogen-bond donors (Lipinski definition) is 1. The van der Waals surface area contributed by atoms with Gasteiger partial charge in [0.15, 0.2) is 5.69 Å². The zero-order valence-electron chi connectivity index (χ0n) is 17.1. The van der Waals surface area contributed by atoms with E-state index in [-0.39, 0.29) is 10.8 Å². The highest BCUT2D eigenvalue weighted by Gasteiger charge is 2.40. The van der Waals surface area contributed by atoms with Crippen LogP contribution in [0.2, 0.25) is 0 Å². The predicted octanol–water partition coefficient (Wildman–Crippen LogP) is 5.79. The van der Waals surface area contributed by atoms with Gasteiger partial charge in [-0.1, -0.05) is 67.6 Å². The molecule has 164 valence electrons. The second kappa shape index (κ2) is 8.54. The standard InChI is InChI=1S/C22H18F3N5OS/c1-13(2)14-8-10-15(11-9-14)20-28-29-21(32-20)27-19(31)17-12-26-30(18(17)22(23,24)25)16-6-4-3-5-7-16/h3-13H,1-2H3,(H,27,29,31). The van der Waals surface area contributed by atoms with Gasteiger partial charge in [-0.2, -0.15) is 18.3 Å². The van der Waals surface area contributed by atoms with Gasteiger partial charge in [0.05, 0.1) is 17.4 Å². The maximum absolute atomic E-state index is 13.8. The van der Waals surface area contributed by atoms with E-state index in [0.29, 0.717) is 15.6 Å². The van der Waals surface area contributed by atoms with Crippen molar-refractivity contribution in [1.82, 2.24) is 20.0 Å². The first-order valence-corrected chi connectivity index (χ1v) is 10.5. The fourth-order valence-electron chi connectivity index (χ4n) is 3.12. The maximum Gasteiger partial charge on any atom is 0.434 e. The van der Waals surface area contributed by atoms with Gasteiger partial charge in [0.25, 0.3) is 5.91 Å². The van der Waals surface area contributed by atoms with E-state index >= 15 is 0 Å². The molecule has 2 aromatic carbocycles. The van der Waals surface area contributed by atoms with Crippen molar-refractivity contribution in [3.63, 3.8) is 0 Å². The third kappa shape index (κ3) is 4.40. The first kappa shape index (κ1) is 21.7. The topological polar surface area (TPSA) is 72.7 Å². The zero-order valence-corrected chi connectivity index (χ0v) is 17.9. The maximum atomic E-state index is 13.8. The molecular weight excluding hydrogens is 439 g/mol. The molecule has 6 nitrogen and oxygen atoms in total. The molecule has 0 atom stereocenters. The summed E-state index contributed by atoms with van der Waals surface area (Å²) in [6.45, 7) is 4.17. The number of aromatic nitrogens is 4. The molecule has 1 N–H and O–H groups in total. The van der Waals surface area contributed by atoms with Gasteiger partial charge in [0, 0.05) is 5.56 Å². The second-order valence-electron chi connectivity index (χ2n) is 7.30. The van der Waals surface area contributed by atoms with E-state index < -0.39 is 23.3 Å². The van der Waals surface area contributed by atoms with Crippen LogP contribution in [0.5, 0.6) is 0 Å². The Hall–Kier alpha value is -3.53. The number of anilines is 1. The highest BCUT2D eigenvalue weighted by atomic mass is 32.1. The highest BCUT2D eigenvalue weighted by molar-refractivity contribution is 7.18. The largest absolute Gasteiger partial charge is 0.434 e. The minimum Gasteiger partial charge on any atom is -0.296 e. The molecule has 1 amide bonds. The van der Waals surface area contributed by atoms with Crippen LogP contribution >= 0.6 is 11.3 Å². The fourth-order valence-corrected chi connectivity index (χ4v) is 3.86. The Morgan fingerprint density at radius 2 is 1.72 bits per heavy atom. The molecule has 0 radical (unpaired) electrons. The molecule has 0 spiro atoms. The predicted molar refractivity (Wildman–Crippen MR) is 116 cm³/mol. The molecule has 32 heavy (non-hydrogen) atoms. The quantitative estimate of drug-likeness (QED) is 0.412. The van der Waals surface area contributed by atoms with Crippen LogP contribution in [0.4, 0.5) is 18.3 Å². The van der Waals surface area contributed by atoms with Crippen LogP contribution in [0, 0.1) is 0 Å². The van der Waals surface area contributed by atoms with E-state index in [4.69, 9.17) is 0 Å². The van der Waals surface area contributed by atoms with Crippen LogP contribution in [0.3, 0.4) is 0 Å². The van der Waals surface area contributed by atoms with E-state index in [1.54, 1.807) is 18.2 Å². The monoisotopic (exact) mass is 457 g/mol. The number of amides is 1. The number of hydrogen-bond acceptors (Lipinski definition) is 5. The molecular formula is C22H18F3N5OS. The molecule has 10 heteroatoms. The molecule has 0 unspecified atom stereocenters. The number of alkyl halides is 3. The normalized spacial score (nSPS) is 11.7. The van der Waals surface area contributed by atoms with Crippen LogP contribution in [-0.2, 0) is 6.18 Å². The molecule has 0 aliphatic rings. The molecule has 0 fully saturated rings. The van der Waals surface area contributed by atoms with E-state index in [0.717, 1.165) is 23.1 Å². The van der Waals surface area contributed by atoms with E-state index in [1.165, 1.54) is 17.7 Å². The van der Waals surface area contributed by atoms with Crippen molar-refractivity contribution in [3.8, 4) is 16.3 Å². The lowest BCUT2D eigenvalue weighted by molar-refractivity contribution is -0.143. The summed E-state index contributed by atoms with van der Waals surface area (Å²) in [4.78, 5) is 12.7. The smallest absolute Gasteiger partial charge is 0.296 e. The molecule has 0 bridgehead atoms. The van der Waals surface area contributed by atoms with E-state index in [9.17, 15) is 18.0 Å². The Morgan fingerprint density at radius 3 is 2.34 bits per heavy atom. The van der Waals surface area contributed by atoms with Crippen molar-refractivity contribution < 1.29 is 18.0 Å². The van der Waals surface area contributed by atoms with Crippen LogP contribution < -0.4 is 5.32 Å². The summed E-state index contributed by atoms with van der Waals surface area (Å²) in [5.41, 5.74) is 0.415. The van der Waals surface area contributed by atoms with Gasteiger partial charge in [-0.3, -0.25) is 10.1 Å². The molecule has 4 aromatic rings. The minimum atomic E-state index is -4.79. The van der Waals surface area contributed by atoms with Gasteiger partial charge in [-0.15, -0.1) is 10.2 Å². The number of para-hydroxylation sites is 1. The Balaban J connectivity index is 1.59. The first-order valence-electron chi connectivity index (χ1n) is 9.70. The summed E-state index contributed by atoms with van der Waals surface area (Å²) in [7, 11) is 0. The Labute approximate surface area is 185 Å². The van der Waals surface area contributed by atoms with Crippen LogP contribution in [0.1, 0.15) is 41.4 Å². The number of benzene rings is 2. The Morgan fingerprint density at radius 1 is 1.03 bits per heavy atom. The van der Waals surface area contributed by atoms with E-state index in [1.807, 2.05) is 24.3 Å². The molecule has 0 aliphatic carbocycles. The van der Waals surface area contributed by atoms with Gasteiger partial charge < -0.3 is 0 Å². The Kier molecular flexibility index (Phi) is 5.79. The summed E-state index contributed by atoms with van der Waals surface area (Å²) in [6, 6.07) is 15.6. The van der Waals surface area contributed by atoms with Crippen LogP contribution in [0.25, 0.3) is 16.3 Å². The van der Waals surface area contributed by atoms with Crippen molar-refractivity contribution in [2.45, 2.75) is 25.9 Å². The summed E-state index contributed by atoms with van der Waals surface area (Å²) < 4.78 is 42.0. The second-order valence-corrected chi connectivity index (χ2v) is 8.27. The van der Waals surface area contributed by atoms with Crippen LogP contribution in [-0.4, -0.2) is 25.9 Å². The number of nitrogens with zero attached hydrogens (tertiary/aromatic N) is 4. The van der Waals surface area contributed by atoms with Gasteiger partial charge in [0.1, 0.15) is 5.01 Å². The summed E-state index contributed by atoms with van der Waals surface area (Å²) >= 11 is 1.08. The summed E-state index contributed by atoms with van der Waals surface area (Å²) in [5, 5.41) is 14.8. The van der Waals surface area contributed by atoms with Crippen molar-refractivity contribution in [1.29, 1.82) is 0 Å². The number of rotatable bonds is 5. The summed E-state index contributed by atoms with van der Waals surface area (Å²) in [6.07, 6.45) is -3.89. The third-order valence-corrected chi connectivity index (χ3v) is 5.64. The fraction of sp³-hybridized carbons (Fsp3) is 0.182. The van der Waals surface area contributed by atoms with Gasteiger partial charge >= 0.3 is 6.18 Å². The van der Waals surface area contributed by atoms with Crippen molar-refractivity contribution in [2.75, 3.05) is 5.32 Å². The van der Waals surface area contributed by atoms with Gasteiger partial charge in [0.2, 0.25) is 5.13 Å². The number of carbonyl (C=O) groups is 1. The lowest BCUT2D eigenvalue weighted by Gasteiger charge is -2.12. The molecule has 0 saturated heterocycles. The molecule has 2 heterocycles. The zero-order chi connectivity index (χ0) is 22.9. The molecule has 0 saturated carbocycles. The van der Waals surface area contributed by atoms with Gasteiger partial charge in [-0.25, -0.2) is 4.68 Å². The first-order chi connectivity index (χ1) is 15.2. The third-order valence-electron chi connectivity index (χ3n) is 4.75. The van der Waals surface area contributed by atoms with Gasteiger partial charge in [-0.05, 0) is 23.6 Å². The Bertz CT molecular complexity index is 1230. The van der Waals surface area contributed by atoms with Crippen molar-refractivity contribution in [2.24, 2.45) is 0 Å². The lowest BCUT2D eigenvalue weighted by atomic mass is 10.0. The number of carbonyl (C=O) groups excluding carboxylic acids is 1. The molecule has 0 aliphatic heterocycles. The summed E-state index contributed by atoms with van der Waals surface area (Å²) in [5.74, 6) is -0.578. The number of nitrogens with one attached hydrogen (secondary N) is 1. The highest BCUT2D eigenvalue weighted by Crippen LogP contribution is 2.34. The number of halogens is 3. The van der Waals surface area contributed by atoms with Crippen LogP contribution in [0.15, 0.2) is 60.8 Å². The average Bonchev–Trinajstić information content (AvgIpc) is 3.42. The lowest BCUT2D eigenvalue weighted by Crippen LogP contribution is -2.20. The molecule has 2 aromatic heterocycles. The van der Waals surface area contributed by atoms with E-state index in [2.05, 4.69) is 34.5 Å². The molecule has 4 rings (SSSR count). The minimum absolute atomic E-state index is 0.0959.